The minimum absolute atomic E-state index is 0.0976. The molecule has 30 heavy (non-hydrogen) atoms. The third-order valence-corrected chi connectivity index (χ3v) is 4.92. The first-order valence-electron chi connectivity index (χ1n) is 9.33. The van der Waals surface area contributed by atoms with Crippen LogP contribution in [0.5, 0.6) is 11.5 Å². The van der Waals surface area contributed by atoms with Gasteiger partial charge in [-0.15, -0.1) is 0 Å². The van der Waals surface area contributed by atoms with Crippen molar-refractivity contribution in [3.8, 4) is 11.5 Å². The fourth-order valence-electron chi connectivity index (χ4n) is 2.70. The molecule has 0 unspecified atom stereocenters. The summed E-state index contributed by atoms with van der Waals surface area (Å²) in [5.74, 6) is 0.201. The maximum atomic E-state index is 13.3. The normalized spacial score (nSPS) is 10.3. The minimum Gasteiger partial charge on any atom is -0.457 e. The number of amides is 2. The molecule has 0 aliphatic heterocycles. The lowest BCUT2D eigenvalue weighted by Crippen LogP contribution is -2.30. The van der Waals surface area contributed by atoms with Crippen LogP contribution < -0.4 is 15.4 Å². The van der Waals surface area contributed by atoms with Gasteiger partial charge in [0, 0.05) is 29.5 Å². The molecule has 154 valence electrons. The Balaban J connectivity index is 1.48. The summed E-state index contributed by atoms with van der Waals surface area (Å²) in [5.41, 5.74) is 1.02. The lowest BCUT2D eigenvalue weighted by Gasteiger charge is -2.12. The number of rotatable bonds is 8. The number of para-hydroxylation sites is 2. The van der Waals surface area contributed by atoms with E-state index in [0.717, 1.165) is 11.6 Å². The highest BCUT2D eigenvalue weighted by atomic mass is 79.9. The van der Waals surface area contributed by atoms with E-state index in [2.05, 4.69) is 26.6 Å². The molecule has 3 rings (SSSR count). The average molecular weight is 471 g/mol. The van der Waals surface area contributed by atoms with E-state index in [1.54, 1.807) is 0 Å². The van der Waals surface area contributed by atoms with Gasteiger partial charge in [-0.25, -0.2) is 4.39 Å². The third kappa shape index (κ3) is 6.15. The lowest BCUT2D eigenvalue weighted by molar-refractivity contribution is -0.121. The molecule has 7 heteroatoms. The molecule has 2 amide bonds. The summed E-state index contributed by atoms with van der Waals surface area (Å²) in [5, 5.41) is 5.44. The number of carbonyl (C=O) groups is 2. The zero-order chi connectivity index (χ0) is 21.3. The van der Waals surface area contributed by atoms with Crippen molar-refractivity contribution in [2.75, 3.05) is 6.54 Å². The Morgan fingerprint density at radius 1 is 0.933 bits per heavy atom. The van der Waals surface area contributed by atoms with Gasteiger partial charge in [-0.3, -0.25) is 9.59 Å². The van der Waals surface area contributed by atoms with Crippen molar-refractivity contribution in [1.82, 2.24) is 10.6 Å². The fourth-order valence-corrected chi connectivity index (χ4v) is 3.13. The highest BCUT2D eigenvalue weighted by Crippen LogP contribution is 2.24. The molecular weight excluding hydrogens is 451 g/mol. The van der Waals surface area contributed by atoms with Crippen LogP contribution in [0, 0.1) is 5.82 Å². The number of halogens is 2. The van der Waals surface area contributed by atoms with Crippen LogP contribution in [0.15, 0.2) is 77.3 Å². The van der Waals surface area contributed by atoms with Crippen LogP contribution >= 0.6 is 15.9 Å². The molecule has 0 saturated heterocycles. The molecule has 0 fully saturated rings. The average Bonchev–Trinajstić information content (AvgIpc) is 2.75. The van der Waals surface area contributed by atoms with Gasteiger partial charge in [0.05, 0.1) is 5.56 Å². The van der Waals surface area contributed by atoms with E-state index in [4.69, 9.17) is 4.74 Å². The second kappa shape index (κ2) is 10.5. The Bertz CT molecular complexity index is 1030. The van der Waals surface area contributed by atoms with Gasteiger partial charge in [0.2, 0.25) is 5.91 Å². The van der Waals surface area contributed by atoms with Crippen molar-refractivity contribution in [2.45, 2.75) is 13.0 Å². The fraction of sp³-hybridized carbons (Fsp3) is 0.130. The van der Waals surface area contributed by atoms with Crippen LogP contribution in [0.1, 0.15) is 22.3 Å². The first kappa shape index (κ1) is 21.5. The Morgan fingerprint density at radius 2 is 1.67 bits per heavy atom. The Hall–Kier alpha value is -3.19. The summed E-state index contributed by atoms with van der Waals surface area (Å²) >= 11 is 3.21. The molecule has 2 N–H and O–H groups in total. The smallest absolute Gasteiger partial charge is 0.252 e. The predicted molar refractivity (Wildman–Crippen MR) is 116 cm³/mol. The third-order valence-electron chi connectivity index (χ3n) is 4.23. The SMILES string of the molecule is O=C(CCNC(=O)c1cc(F)ccc1Br)NCc1ccccc1Oc1ccccc1. The van der Waals surface area contributed by atoms with E-state index in [9.17, 15) is 14.0 Å². The first-order valence-corrected chi connectivity index (χ1v) is 10.1. The quantitative estimate of drug-likeness (QED) is 0.495. The second-order valence-corrected chi connectivity index (χ2v) is 7.28. The standard InChI is InChI=1S/C23H20BrFN2O3/c24-20-11-10-17(25)14-19(20)23(29)26-13-12-22(28)27-15-16-6-4-5-9-21(16)30-18-7-2-1-3-8-18/h1-11,14H,12-13,15H2,(H,26,29)(H,27,28). The van der Waals surface area contributed by atoms with Gasteiger partial charge in [0.15, 0.2) is 0 Å². The van der Waals surface area contributed by atoms with E-state index in [1.165, 1.54) is 12.1 Å². The Morgan fingerprint density at radius 3 is 2.47 bits per heavy atom. The summed E-state index contributed by atoms with van der Waals surface area (Å²) in [4.78, 5) is 24.3. The molecule has 0 aliphatic carbocycles. The molecule has 0 radical (unpaired) electrons. The van der Waals surface area contributed by atoms with Crippen LogP contribution in [0.4, 0.5) is 4.39 Å². The maximum Gasteiger partial charge on any atom is 0.252 e. The van der Waals surface area contributed by atoms with Crippen molar-refractivity contribution in [2.24, 2.45) is 0 Å². The van der Waals surface area contributed by atoms with Crippen molar-refractivity contribution >= 4 is 27.7 Å². The van der Waals surface area contributed by atoms with Crippen molar-refractivity contribution in [3.05, 3.63) is 94.2 Å². The van der Waals surface area contributed by atoms with Crippen LogP contribution in [0.2, 0.25) is 0 Å². The monoisotopic (exact) mass is 470 g/mol. The van der Waals surface area contributed by atoms with Gasteiger partial charge >= 0.3 is 0 Å². The molecular formula is C23H20BrFN2O3. The molecule has 5 nitrogen and oxygen atoms in total. The summed E-state index contributed by atoms with van der Waals surface area (Å²) in [6.45, 7) is 0.432. The van der Waals surface area contributed by atoms with Crippen LogP contribution in [-0.2, 0) is 11.3 Å². The van der Waals surface area contributed by atoms with Crippen molar-refractivity contribution in [1.29, 1.82) is 0 Å². The molecule has 0 saturated carbocycles. The number of ether oxygens (including phenoxy) is 1. The zero-order valence-electron chi connectivity index (χ0n) is 16.0. The number of hydrogen-bond donors (Lipinski definition) is 2. The molecule has 3 aromatic rings. The van der Waals surface area contributed by atoms with Gasteiger partial charge in [-0.2, -0.15) is 0 Å². The number of benzene rings is 3. The number of hydrogen-bond acceptors (Lipinski definition) is 3. The molecule has 0 aromatic heterocycles. The van der Waals surface area contributed by atoms with Crippen molar-refractivity contribution in [3.63, 3.8) is 0 Å². The second-order valence-electron chi connectivity index (χ2n) is 6.43. The highest BCUT2D eigenvalue weighted by molar-refractivity contribution is 9.10. The molecule has 3 aromatic carbocycles. The first-order chi connectivity index (χ1) is 14.5. The molecule has 0 bridgehead atoms. The van der Waals surface area contributed by atoms with E-state index < -0.39 is 11.7 Å². The van der Waals surface area contributed by atoms with Crippen LogP contribution in [-0.4, -0.2) is 18.4 Å². The van der Waals surface area contributed by atoms with Gasteiger partial charge in [0.25, 0.3) is 5.91 Å². The lowest BCUT2D eigenvalue weighted by atomic mass is 10.2. The highest BCUT2D eigenvalue weighted by Gasteiger charge is 2.12. The van der Waals surface area contributed by atoms with Gasteiger partial charge in [0.1, 0.15) is 17.3 Å². The molecule has 0 aliphatic rings. The molecule has 0 spiro atoms. The molecule has 0 heterocycles. The summed E-state index contributed by atoms with van der Waals surface area (Å²) in [6, 6.07) is 20.7. The van der Waals surface area contributed by atoms with Gasteiger partial charge in [-0.05, 0) is 52.3 Å². The Kier molecular flexibility index (Phi) is 7.57. The molecule has 0 atom stereocenters. The predicted octanol–water partition coefficient (Wildman–Crippen LogP) is 4.82. The van der Waals surface area contributed by atoms with E-state index in [-0.39, 0.29) is 24.4 Å². The minimum atomic E-state index is -0.502. The number of carbonyl (C=O) groups excluding carboxylic acids is 2. The van der Waals surface area contributed by atoms with Gasteiger partial charge < -0.3 is 15.4 Å². The van der Waals surface area contributed by atoms with E-state index in [1.807, 2.05) is 54.6 Å². The summed E-state index contributed by atoms with van der Waals surface area (Å²) in [6.07, 6.45) is 0.0976. The largest absolute Gasteiger partial charge is 0.457 e. The summed E-state index contributed by atoms with van der Waals surface area (Å²) in [7, 11) is 0. The topological polar surface area (TPSA) is 67.4 Å². The number of nitrogens with one attached hydrogen (secondary N) is 2. The van der Waals surface area contributed by atoms with Crippen LogP contribution in [0.25, 0.3) is 0 Å². The maximum absolute atomic E-state index is 13.3. The van der Waals surface area contributed by atoms with Crippen molar-refractivity contribution < 1.29 is 18.7 Å². The van der Waals surface area contributed by atoms with Crippen LogP contribution in [0.3, 0.4) is 0 Å². The van der Waals surface area contributed by atoms with Gasteiger partial charge in [-0.1, -0.05) is 36.4 Å². The Labute approximate surface area is 182 Å². The summed E-state index contributed by atoms with van der Waals surface area (Å²) < 4.78 is 19.7. The van der Waals surface area contributed by atoms with E-state index >= 15 is 0 Å². The zero-order valence-corrected chi connectivity index (χ0v) is 17.6. The van der Waals surface area contributed by atoms with E-state index in [0.29, 0.717) is 22.5 Å².